The lowest BCUT2D eigenvalue weighted by atomic mass is 9.86. The fourth-order valence-electron chi connectivity index (χ4n) is 4.04. The van der Waals surface area contributed by atoms with Gasteiger partial charge in [-0.3, -0.25) is 4.90 Å². The van der Waals surface area contributed by atoms with Gasteiger partial charge in [0.05, 0.1) is 0 Å². The molecule has 2 aliphatic rings. The number of hydrogen-bond donors (Lipinski definition) is 1. The molecule has 0 aromatic rings. The molecule has 2 heterocycles. The largest absolute Gasteiger partial charge is 0.329 e. The molecule has 0 spiro atoms. The van der Waals surface area contributed by atoms with Gasteiger partial charge in [-0.1, -0.05) is 20.8 Å². The van der Waals surface area contributed by atoms with Crippen LogP contribution in [0.4, 0.5) is 0 Å². The molecular formula is C16H32N2S. The van der Waals surface area contributed by atoms with E-state index in [1.165, 1.54) is 50.9 Å². The molecule has 0 bridgehead atoms. The van der Waals surface area contributed by atoms with Crippen LogP contribution in [0, 0.1) is 11.8 Å². The molecule has 0 saturated carbocycles. The lowest BCUT2D eigenvalue weighted by Gasteiger charge is -2.49. The Morgan fingerprint density at radius 1 is 1.26 bits per heavy atom. The number of thioether (sulfide) groups is 1. The van der Waals surface area contributed by atoms with E-state index in [9.17, 15) is 0 Å². The number of nitrogens with two attached hydrogens (primary N) is 1. The molecule has 19 heavy (non-hydrogen) atoms. The molecular weight excluding hydrogens is 252 g/mol. The topological polar surface area (TPSA) is 29.3 Å². The van der Waals surface area contributed by atoms with Crippen molar-refractivity contribution in [2.45, 2.75) is 63.7 Å². The second-order valence-corrected chi connectivity index (χ2v) is 8.30. The van der Waals surface area contributed by atoms with E-state index < -0.39 is 0 Å². The van der Waals surface area contributed by atoms with E-state index in [4.69, 9.17) is 5.73 Å². The van der Waals surface area contributed by atoms with Crippen molar-refractivity contribution >= 4 is 11.8 Å². The normalized spacial score (nSPS) is 38.4. The molecule has 0 aliphatic carbocycles. The van der Waals surface area contributed by atoms with Crippen LogP contribution < -0.4 is 5.73 Å². The van der Waals surface area contributed by atoms with Crippen LogP contribution in [-0.2, 0) is 0 Å². The summed E-state index contributed by atoms with van der Waals surface area (Å²) in [5.41, 5.74) is 6.54. The number of nitrogens with zero attached hydrogens (tertiary/aromatic N) is 1. The molecule has 3 unspecified atom stereocenters. The molecule has 2 N–H and O–H groups in total. The van der Waals surface area contributed by atoms with E-state index in [1.54, 1.807) is 0 Å². The summed E-state index contributed by atoms with van der Waals surface area (Å²) in [7, 11) is 0. The first-order valence-electron chi connectivity index (χ1n) is 8.17. The lowest BCUT2D eigenvalue weighted by Crippen LogP contribution is -2.61. The molecule has 3 heteroatoms. The summed E-state index contributed by atoms with van der Waals surface area (Å²) in [6.45, 7) is 10.6. The zero-order valence-corrected chi connectivity index (χ0v) is 13.8. The van der Waals surface area contributed by atoms with Gasteiger partial charge in [0.15, 0.2) is 0 Å². The van der Waals surface area contributed by atoms with E-state index in [0.29, 0.717) is 5.25 Å². The molecule has 2 aliphatic heterocycles. The van der Waals surface area contributed by atoms with Crippen molar-refractivity contribution in [3.8, 4) is 0 Å². The van der Waals surface area contributed by atoms with Gasteiger partial charge in [-0.05, 0) is 62.8 Å². The third kappa shape index (κ3) is 3.30. The van der Waals surface area contributed by atoms with Crippen LogP contribution in [0.25, 0.3) is 0 Å². The average Bonchev–Trinajstić information content (AvgIpc) is 2.66. The minimum absolute atomic E-state index is 0.286. The second kappa shape index (κ2) is 6.82. The highest BCUT2D eigenvalue weighted by Gasteiger charge is 2.43. The monoisotopic (exact) mass is 284 g/mol. The van der Waals surface area contributed by atoms with Crippen molar-refractivity contribution in [1.29, 1.82) is 0 Å². The van der Waals surface area contributed by atoms with Gasteiger partial charge in [0.1, 0.15) is 0 Å². The van der Waals surface area contributed by atoms with Gasteiger partial charge >= 0.3 is 0 Å². The Balaban J connectivity index is 2.06. The molecule has 112 valence electrons. The van der Waals surface area contributed by atoms with Crippen LogP contribution in [0.3, 0.4) is 0 Å². The van der Waals surface area contributed by atoms with Crippen molar-refractivity contribution < 1.29 is 0 Å². The molecule has 2 nitrogen and oxygen atoms in total. The molecule has 0 radical (unpaired) electrons. The highest BCUT2D eigenvalue weighted by atomic mass is 32.2. The van der Waals surface area contributed by atoms with E-state index in [0.717, 1.165) is 18.4 Å². The van der Waals surface area contributed by atoms with E-state index in [2.05, 4.69) is 37.4 Å². The van der Waals surface area contributed by atoms with Gasteiger partial charge in [-0.25, -0.2) is 0 Å². The second-order valence-electron chi connectivity index (χ2n) is 6.85. The van der Waals surface area contributed by atoms with Crippen molar-refractivity contribution in [3.05, 3.63) is 0 Å². The maximum Gasteiger partial charge on any atom is 0.0447 e. The Morgan fingerprint density at radius 3 is 2.68 bits per heavy atom. The Morgan fingerprint density at radius 2 is 2.05 bits per heavy atom. The molecule has 2 saturated heterocycles. The molecule has 0 amide bonds. The first-order valence-corrected chi connectivity index (χ1v) is 9.22. The molecule has 0 aromatic carbocycles. The number of likely N-dealkylation sites (tertiary alicyclic amines) is 1. The lowest BCUT2D eigenvalue weighted by molar-refractivity contribution is 0.0836. The first-order chi connectivity index (χ1) is 9.10. The zero-order chi connectivity index (χ0) is 13.9. The standard InChI is InChI=1S/C16H32N2S/c1-13(2)15-6-4-9-18(10-7-15)16(12-17)8-5-11-19-14(16)3/h13-15H,4-12,17H2,1-3H3. The first kappa shape index (κ1) is 15.7. The highest BCUT2D eigenvalue weighted by Crippen LogP contribution is 2.39. The molecule has 2 rings (SSSR count). The Labute approximate surface area is 123 Å². The van der Waals surface area contributed by atoms with Gasteiger partial charge in [0, 0.05) is 17.3 Å². The highest BCUT2D eigenvalue weighted by molar-refractivity contribution is 8.00. The van der Waals surface area contributed by atoms with Crippen molar-refractivity contribution in [3.63, 3.8) is 0 Å². The fourth-order valence-corrected chi connectivity index (χ4v) is 5.38. The maximum atomic E-state index is 6.25. The third-order valence-electron chi connectivity index (χ3n) is 5.58. The molecule has 2 fully saturated rings. The molecule has 0 aromatic heterocycles. The van der Waals surface area contributed by atoms with Gasteiger partial charge in [-0.2, -0.15) is 11.8 Å². The fraction of sp³-hybridized carbons (Fsp3) is 1.00. The summed E-state index contributed by atoms with van der Waals surface area (Å²) in [5, 5.41) is 0.696. The third-order valence-corrected chi connectivity index (χ3v) is 7.04. The smallest absolute Gasteiger partial charge is 0.0447 e. The summed E-state index contributed by atoms with van der Waals surface area (Å²) >= 11 is 2.14. The van der Waals surface area contributed by atoms with E-state index >= 15 is 0 Å². The summed E-state index contributed by atoms with van der Waals surface area (Å²) in [4.78, 5) is 2.77. The summed E-state index contributed by atoms with van der Waals surface area (Å²) in [6, 6.07) is 0. The zero-order valence-electron chi connectivity index (χ0n) is 13.0. The maximum absolute atomic E-state index is 6.25. The van der Waals surface area contributed by atoms with Crippen molar-refractivity contribution in [2.24, 2.45) is 17.6 Å². The predicted octanol–water partition coefficient (Wildman–Crippen LogP) is 3.36. The Hall–Kier alpha value is 0.270. The van der Waals surface area contributed by atoms with Crippen LogP contribution in [0.1, 0.15) is 52.9 Å². The summed E-state index contributed by atoms with van der Waals surface area (Å²) < 4.78 is 0. The number of hydrogen-bond acceptors (Lipinski definition) is 3. The predicted molar refractivity (Wildman–Crippen MR) is 86.7 cm³/mol. The summed E-state index contributed by atoms with van der Waals surface area (Å²) in [6.07, 6.45) is 6.80. The Kier molecular flexibility index (Phi) is 5.62. The van der Waals surface area contributed by atoms with Gasteiger partial charge in [-0.15, -0.1) is 0 Å². The van der Waals surface area contributed by atoms with Crippen LogP contribution >= 0.6 is 11.8 Å². The minimum atomic E-state index is 0.286. The molecule has 3 atom stereocenters. The minimum Gasteiger partial charge on any atom is -0.329 e. The van der Waals surface area contributed by atoms with Crippen molar-refractivity contribution in [2.75, 3.05) is 25.4 Å². The van der Waals surface area contributed by atoms with Gasteiger partial charge in [0.2, 0.25) is 0 Å². The average molecular weight is 285 g/mol. The van der Waals surface area contributed by atoms with Crippen LogP contribution in [-0.4, -0.2) is 41.1 Å². The summed E-state index contributed by atoms with van der Waals surface area (Å²) in [5.74, 6) is 3.09. The van der Waals surface area contributed by atoms with Gasteiger partial charge < -0.3 is 5.73 Å². The number of rotatable bonds is 3. The van der Waals surface area contributed by atoms with E-state index in [-0.39, 0.29) is 5.54 Å². The quantitative estimate of drug-likeness (QED) is 0.861. The van der Waals surface area contributed by atoms with Crippen LogP contribution in [0.2, 0.25) is 0 Å². The van der Waals surface area contributed by atoms with Crippen LogP contribution in [0.15, 0.2) is 0 Å². The van der Waals surface area contributed by atoms with Crippen LogP contribution in [0.5, 0.6) is 0 Å². The SMILES string of the molecule is CC(C)C1CCCN(C2(CN)CCCSC2C)CC1. The van der Waals surface area contributed by atoms with E-state index in [1.807, 2.05) is 0 Å². The van der Waals surface area contributed by atoms with Crippen molar-refractivity contribution in [1.82, 2.24) is 4.90 Å². The van der Waals surface area contributed by atoms with Gasteiger partial charge in [0.25, 0.3) is 0 Å². The Bertz CT molecular complexity index is 282.